The minimum Gasteiger partial charge on any atom is -0.274 e. The summed E-state index contributed by atoms with van der Waals surface area (Å²) in [6.07, 6.45) is 1.99. The number of H-pyrrole nitrogens is 1. The Bertz CT molecular complexity index is 1010. The van der Waals surface area contributed by atoms with Crippen LogP contribution in [0.25, 0.3) is 16.9 Å². The Hall–Kier alpha value is -2.24. The van der Waals surface area contributed by atoms with Crippen LogP contribution in [0.3, 0.4) is 0 Å². The van der Waals surface area contributed by atoms with Crippen molar-refractivity contribution in [3.8, 4) is 16.9 Å². The number of aryl methyl sites for hydroxylation is 1. The molecule has 0 atom stereocenters. The smallest absolute Gasteiger partial charge is 0.274 e. The Balaban J connectivity index is 2.27. The predicted octanol–water partition coefficient (Wildman–Crippen LogP) is 3.88. The summed E-state index contributed by atoms with van der Waals surface area (Å²) in [5, 5.41) is 0.641. The van der Waals surface area contributed by atoms with Crippen LogP contribution in [0.5, 0.6) is 0 Å². The van der Waals surface area contributed by atoms with Gasteiger partial charge in [-0.2, -0.15) is 0 Å². The highest BCUT2D eigenvalue weighted by molar-refractivity contribution is 7.98. The summed E-state index contributed by atoms with van der Waals surface area (Å²) in [4.78, 5) is 27.7. The quantitative estimate of drug-likeness (QED) is 0.723. The van der Waals surface area contributed by atoms with Crippen molar-refractivity contribution in [2.75, 3.05) is 6.26 Å². The molecule has 0 saturated heterocycles. The Kier molecular flexibility index (Phi) is 4.64. The molecule has 6 heteroatoms. The Morgan fingerprint density at radius 2 is 1.75 bits per heavy atom. The highest BCUT2D eigenvalue weighted by Gasteiger charge is 2.11. The molecule has 0 radical (unpaired) electrons. The molecule has 1 aromatic heterocycles. The molecular weight excluding hydrogens is 344 g/mol. The van der Waals surface area contributed by atoms with E-state index in [0.717, 1.165) is 16.0 Å². The second-order valence-corrected chi connectivity index (χ2v) is 6.61. The fraction of sp³-hybridized carbons (Fsp3) is 0.111. The van der Waals surface area contributed by atoms with Gasteiger partial charge in [-0.3, -0.25) is 14.3 Å². The molecule has 1 heterocycles. The molecule has 3 rings (SSSR count). The maximum Gasteiger partial charge on any atom is 0.333 e. The lowest BCUT2D eigenvalue weighted by atomic mass is 10.1. The van der Waals surface area contributed by atoms with Gasteiger partial charge in [0.2, 0.25) is 0 Å². The molecule has 0 fully saturated rings. The van der Waals surface area contributed by atoms with Gasteiger partial charge in [0, 0.05) is 16.0 Å². The SMILES string of the molecule is CSc1ccc(-n2c(-c3ccc(Cl)c(C)c3)cc(=O)[nH]c2=O)cc1. The number of halogens is 1. The fourth-order valence-electron chi connectivity index (χ4n) is 2.50. The first kappa shape index (κ1) is 16.6. The predicted molar refractivity (Wildman–Crippen MR) is 99.6 cm³/mol. The van der Waals surface area contributed by atoms with Crippen molar-refractivity contribution in [1.29, 1.82) is 0 Å². The number of aromatic amines is 1. The molecule has 0 bridgehead atoms. The lowest BCUT2D eigenvalue weighted by Crippen LogP contribution is -2.29. The molecule has 4 nitrogen and oxygen atoms in total. The van der Waals surface area contributed by atoms with E-state index in [2.05, 4.69) is 4.98 Å². The zero-order valence-corrected chi connectivity index (χ0v) is 14.7. The van der Waals surface area contributed by atoms with Crippen molar-refractivity contribution in [3.05, 3.63) is 80.0 Å². The second-order valence-electron chi connectivity index (χ2n) is 5.32. The van der Waals surface area contributed by atoms with Gasteiger partial charge in [0.25, 0.3) is 5.56 Å². The lowest BCUT2D eigenvalue weighted by molar-refractivity contribution is 0.903. The number of aromatic nitrogens is 2. The van der Waals surface area contributed by atoms with E-state index in [-0.39, 0.29) is 0 Å². The van der Waals surface area contributed by atoms with Crippen LogP contribution in [0.4, 0.5) is 0 Å². The van der Waals surface area contributed by atoms with Crippen LogP contribution in [0.2, 0.25) is 5.02 Å². The molecule has 3 aromatic rings. The van der Waals surface area contributed by atoms with Crippen molar-refractivity contribution in [2.24, 2.45) is 0 Å². The fourth-order valence-corrected chi connectivity index (χ4v) is 3.03. The molecule has 0 amide bonds. The third-order valence-corrected chi connectivity index (χ3v) is 4.89. The van der Waals surface area contributed by atoms with Gasteiger partial charge in [-0.05, 0) is 60.7 Å². The summed E-state index contributed by atoms with van der Waals surface area (Å²) in [7, 11) is 0. The number of rotatable bonds is 3. The van der Waals surface area contributed by atoms with E-state index in [1.807, 2.05) is 43.5 Å². The minimum absolute atomic E-state index is 0.431. The van der Waals surface area contributed by atoms with Crippen molar-refractivity contribution in [1.82, 2.24) is 9.55 Å². The van der Waals surface area contributed by atoms with Crippen LogP contribution < -0.4 is 11.2 Å². The van der Waals surface area contributed by atoms with Gasteiger partial charge in [-0.15, -0.1) is 11.8 Å². The summed E-state index contributed by atoms with van der Waals surface area (Å²) in [5.41, 5.74) is 1.96. The molecular formula is C18H15ClN2O2S. The Labute approximate surface area is 148 Å². The number of hydrogen-bond acceptors (Lipinski definition) is 3. The maximum absolute atomic E-state index is 12.4. The normalized spacial score (nSPS) is 10.8. The molecule has 0 aliphatic carbocycles. The highest BCUT2D eigenvalue weighted by atomic mass is 35.5. The zero-order chi connectivity index (χ0) is 17.3. The van der Waals surface area contributed by atoms with Crippen molar-refractivity contribution in [2.45, 2.75) is 11.8 Å². The number of nitrogens with zero attached hydrogens (tertiary/aromatic N) is 1. The third-order valence-electron chi connectivity index (χ3n) is 3.73. The van der Waals surface area contributed by atoms with Gasteiger partial charge < -0.3 is 0 Å². The minimum atomic E-state index is -0.470. The first-order valence-electron chi connectivity index (χ1n) is 7.27. The summed E-state index contributed by atoms with van der Waals surface area (Å²) in [6.45, 7) is 1.88. The summed E-state index contributed by atoms with van der Waals surface area (Å²) >= 11 is 7.71. The summed E-state index contributed by atoms with van der Waals surface area (Å²) < 4.78 is 1.49. The Morgan fingerprint density at radius 3 is 2.38 bits per heavy atom. The number of thioether (sulfide) groups is 1. The average Bonchev–Trinajstić information content (AvgIpc) is 2.57. The molecule has 2 aromatic carbocycles. The van der Waals surface area contributed by atoms with Gasteiger partial charge in [0.05, 0.1) is 11.4 Å². The number of hydrogen-bond donors (Lipinski definition) is 1. The molecule has 0 aliphatic rings. The first-order valence-corrected chi connectivity index (χ1v) is 8.87. The standard InChI is InChI=1S/C18H15ClN2O2S/c1-11-9-12(3-8-15(11)19)16-10-17(22)20-18(23)21(16)13-4-6-14(24-2)7-5-13/h3-10H,1-2H3,(H,20,22,23). The third kappa shape index (κ3) is 3.18. The summed E-state index contributed by atoms with van der Waals surface area (Å²) in [5.74, 6) is 0. The monoisotopic (exact) mass is 358 g/mol. The van der Waals surface area contributed by atoms with Gasteiger partial charge in [-0.1, -0.05) is 17.7 Å². The van der Waals surface area contributed by atoms with Gasteiger partial charge in [-0.25, -0.2) is 4.79 Å². The number of benzene rings is 2. The molecule has 0 saturated carbocycles. The van der Waals surface area contributed by atoms with E-state index in [0.29, 0.717) is 16.4 Å². The maximum atomic E-state index is 12.4. The Morgan fingerprint density at radius 1 is 1.04 bits per heavy atom. The number of nitrogens with one attached hydrogen (secondary N) is 1. The van der Waals surface area contributed by atoms with E-state index in [9.17, 15) is 9.59 Å². The summed E-state index contributed by atoms with van der Waals surface area (Å²) in [6, 6.07) is 14.4. The van der Waals surface area contributed by atoms with E-state index in [4.69, 9.17) is 11.6 Å². The van der Waals surface area contributed by atoms with Crippen LogP contribution in [-0.4, -0.2) is 15.8 Å². The largest absolute Gasteiger partial charge is 0.333 e. The van der Waals surface area contributed by atoms with Crippen LogP contribution in [-0.2, 0) is 0 Å². The van der Waals surface area contributed by atoms with Crippen LogP contribution in [0.15, 0.2) is 63.0 Å². The van der Waals surface area contributed by atoms with Gasteiger partial charge in [0.15, 0.2) is 0 Å². The first-order chi connectivity index (χ1) is 11.5. The zero-order valence-electron chi connectivity index (χ0n) is 13.2. The van der Waals surface area contributed by atoms with Crippen LogP contribution in [0.1, 0.15) is 5.56 Å². The topological polar surface area (TPSA) is 54.9 Å². The molecule has 24 heavy (non-hydrogen) atoms. The van der Waals surface area contributed by atoms with Crippen molar-refractivity contribution < 1.29 is 0 Å². The van der Waals surface area contributed by atoms with E-state index >= 15 is 0 Å². The van der Waals surface area contributed by atoms with E-state index < -0.39 is 11.2 Å². The molecule has 0 unspecified atom stereocenters. The van der Waals surface area contributed by atoms with Crippen molar-refractivity contribution in [3.63, 3.8) is 0 Å². The van der Waals surface area contributed by atoms with E-state index in [1.165, 1.54) is 10.6 Å². The van der Waals surface area contributed by atoms with E-state index in [1.54, 1.807) is 23.9 Å². The molecule has 0 aliphatic heterocycles. The molecule has 122 valence electrons. The van der Waals surface area contributed by atoms with Crippen LogP contribution >= 0.6 is 23.4 Å². The van der Waals surface area contributed by atoms with Gasteiger partial charge >= 0.3 is 5.69 Å². The molecule has 0 spiro atoms. The second kappa shape index (κ2) is 6.71. The van der Waals surface area contributed by atoms with Gasteiger partial charge in [0.1, 0.15) is 0 Å². The molecule has 1 N–H and O–H groups in total. The lowest BCUT2D eigenvalue weighted by Gasteiger charge is -2.13. The van der Waals surface area contributed by atoms with Crippen molar-refractivity contribution >= 4 is 23.4 Å². The van der Waals surface area contributed by atoms with Crippen LogP contribution in [0, 0.1) is 6.92 Å². The highest BCUT2D eigenvalue weighted by Crippen LogP contribution is 2.25. The average molecular weight is 359 g/mol.